The number of nitrogens with two attached hydrogens (primary N) is 1. The van der Waals surface area contributed by atoms with Gasteiger partial charge in [-0.05, 0) is 24.5 Å². The maximum atomic E-state index is 5.99. The molecule has 1 aliphatic carbocycles. The molecular formula is C10H12ClNO. The van der Waals surface area contributed by atoms with E-state index in [2.05, 4.69) is 0 Å². The van der Waals surface area contributed by atoms with Crippen molar-refractivity contribution in [2.45, 2.75) is 18.9 Å². The molecule has 0 saturated carbocycles. The lowest BCUT2D eigenvalue weighted by atomic mass is 10.1. The van der Waals surface area contributed by atoms with Gasteiger partial charge in [-0.2, -0.15) is 0 Å². The average molecular weight is 198 g/mol. The van der Waals surface area contributed by atoms with Crippen molar-refractivity contribution in [2.24, 2.45) is 5.73 Å². The van der Waals surface area contributed by atoms with Gasteiger partial charge in [0, 0.05) is 11.6 Å². The minimum atomic E-state index is 0.154. The van der Waals surface area contributed by atoms with Crippen molar-refractivity contribution in [1.29, 1.82) is 0 Å². The largest absolute Gasteiger partial charge is 0.495 e. The zero-order valence-corrected chi connectivity index (χ0v) is 8.27. The Balaban J connectivity index is 2.57. The molecule has 1 aliphatic rings. The summed E-state index contributed by atoms with van der Waals surface area (Å²) in [7, 11) is 1.64. The normalized spacial score (nSPS) is 20.1. The summed E-state index contributed by atoms with van der Waals surface area (Å²) in [5.41, 5.74) is 8.29. The first kappa shape index (κ1) is 8.85. The topological polar surface area (TPSA) is 35.2 Å². The quantitative estimate of drug-likeness (QED) is 0.750. The lowest BCUT2D eigenvalue weighted by Crippen LogP contribution is -2.05. The van der Waals surface area contributed by atoms with E-state index < -0.39 is 0 Å². The van der Waals surface area contributed by atoms with Gasteiger partial charge in [-0.15, -0.1) is 0 Å². The molecule has 3 heteroatoms. The molecule has 0 radical (unpaired) electrons. The number of halogens is 1. The number of hydrogen-bond donors (Lipinski definition) is 1. The van der Waals surface area contributed by atoms with E-state index in [4.69, 9.17) is 22.1 Å². The van der Waals surface area contributed by atoms with Crippen LogP contribution in [0, 0.1) is 0 Å². The Morgan fingerprint density at radius 3 is 3.00 bits per heavy atom. The van der Waals surface area contributed by atoms with Crippen LogP contribution in [0.3, 0.4) is 0 Å². The standard InChI is InChI=1S/C10H12ClNO/c1-13-10-7-3-5-9(12)6(7)2-4-8(10)11/h2,4,9H,3,5,12H2,1H3/t9-/m0/s1. The van der Waals surface area contributed by atoms with Crippen molar-refractivity contribution >= 4 is 11.6 Å². The summed E-state index contributed by atoms with van der Waals surface area (Å²) in [4.78, 5) is 0. The van der Waals surface area contributed by atoms with Crippen molar-refractivity contribution in [3.63, 3.8) is 0 Å². The molecule has 1 atom stereocenters. The first-order chi connectivity index (χ1) is 6.24. The molecule has 1 aromatic rings. The molecule has 0 spiro atoms. The SMILES string of the molecule is COc1c(Cl)ccc2c1CC[C@@H]2N. The maximum absolute atomic E-state index is 5.99. The van der Waals surface area contributed by atoms with E-state index >= 15 is 0 Å². The minimum Gasteiger partial charge on any atom is -0.495 e. The summed E-state index contributed by atoms with van der Waals surface area (Å²) >= 11 is 5.99. The van der Waals surface area contributed by atoms with E-state index in [9.17, 15) is 0 Å². The van der Waals surface area contributed by atoms with Gasteiger partial charge in [-0.3, -0.25) is 0 Å². The third-order valence-electron chi connectivity index (χ3n) is 2.56. The van der Waals surface area contributed by atoms with Crippen molar-refractivity contribution in [1.82, 2.24) is 0 Å². The fraction of sp³-hybridized carbons (Fsp3) is 0.400. The third-order valence-corrected chi connectivity index (χ3v) is 2.86. The first-order valence-corrected chi connectivity index (χ1v) is 4.72. The second-order valence-corrected chi connectivity index (χ2v) is 3.70. The van der Waals surface area contributed by atoms with Crippen LogP contribution in [0.4, 0.5) is 0 Å². The van der Waals surface area contributed by atoms with E-state index in [-0.39, 0.29) is 6.04 Å². The van der Waals surface area contributed by atoms with E-state index in [1.165, 1.54) is 11.1 Å². The van der Waals surface area contributed by atoms with Gasteiger partial charge in [-0.25, -0.2) is 0 Å². The number of hydrogen-bond acceptors (Lipinski definition) is 2. The smallest absolute Gasteiger partial charge is 0.140 e. The Labute approximate surface area is 82.6 Å². The first-order valence-electron chi connectivity index (χ1n) is 4.35. The molecular weight excluding hydrogens is 186 g/mol. The van der Waals surface area contributed by atoms with Crippen molar-refractivity contribution in [3.8, 4) is 5.75 Å². The molecule has 70 valence electrons. The van der Waals surface area contributed by atoms with Crippen LogP contribution in [-0.4, -0.2) is 7.11 Å². The monoisotopic (exact) mass is 197 g/mol. The van der Waals surface area contributed by atoms with Crippen molar-refractivity contribution < 1.29 is 4.74 Å². The van der Waals surface area contributed by atoms with Crippen LogP contribution < -0.4 is 10.5 Å². The van der Waals surface area contributed by atoms with Gasteiger partial charge in [-0.1, -0.05) is 17.7 Å². The van der Waals surface area contributed by atoms with Crippen LogP contribution in [0.15, 0.2) is 12.1 Å². The molecule has 13 heavy (non-hydrogen) atoms. The molecule has 0 saturated heterocycles. The fourth-order valence-corrected chi connectivity index (χ4v) is 2.15. The van der Waals surface area contributed by atoms with Crippen LogP contribution in [0.1, 0.15) is 23.6 Å². The van der Waals surface area contributed by atoms with Gasteiger partial charge in [0.15, 0.2) is 0 Å². The molecule has 2 rings (SSSR count). The molecule has 0 aliphatic heterocycles. The Kier molecular flexibility index (Phi) is 2.18. The van der Waals surface area contributed by atoms with Gasteiger partial charge in [0.25, 0.3) is 0 Å². The number of methoxy groups -OCH3 is 1. The predicted molar refractivity (Wildman–Crippen MR) is 53.3 cm³/mol. The zero-order chi connectivity index (χ0) is 9.42. The second kappa shape index (κ2) is 3.20. The Hall–Kier alpha value is -0.730. The number of fused-ring (bicyclic) bond motifs is 1. The van der Waals surface area contributed by atoms with E-state index in [1.54, 1.807) is 7.11 Å². The molecule has 0 heterocycles. The summed E-state index contributed by atoms with van der Waals surface area (Å²) in [6.45, 7) is 0. The Morgan fingerprint density at radius 1 is 1.54 bits per heavy atom. The van der Waals surface area contributed by atoms with Gasteiger partial charge >= 0.3 is 0 Å². The zero-order valence-electron chi connectivity index (χ0n) is 7.51. The molecule has 0 aromatic heterocycles. The van der Waals surface area contributed by atoms with Crippen LogP contribution in [-0.2, 0) is 6.42 Å². The van der Waals surface area contributed by atoms with Gasteiger partial charge < -0.3 is 10.5 Å². The highest BCUT2D eigenvalue weighted by Crippen LogP contribution is 2.39. The van der Waals surface area contributed by atoms with E-state index in [0.717, 1.165) is 18.6 Å². The molecule has 0 unspecified atom stereocenters. The molecule has 1 aromatic carbocycles. The van der Waals surface area contributed by atoms with Crippen LogP contribution in [0.2, 0.25) is 5.02 Å². The molecule has 0 bridgehead atoms. The highest BCUT2D eigenvalue weighted by atomic mass is 35.5. The summed E-state index contributed by atoms with van der Waals surface area (Å²) < 4.78 is 5.25. The highest BCUT2D eigenvalue weighted by Gasteiger charge is 2.23. The van der Waals surface area contributed by atoms with Gasteiger partial charge in [0.1, 0.15) is 5.75 Å². The van der Waals surface area contributed by atoms with Crippen molar-refractivity contribution in [3.05, 3.63) is 28.3 Å². The summed E-state index contributed by atoms with van der Waals surface area (Å²) in [5.74, 6) is 0.798. The number of ether oxygens (including phenoxy) is 1. The second-order valence-electron chi connectivity index (χ2n) is 3.29. The maximum Gasteiger partial charge on any atom is 0.140 e. The summed E-state index contributed by atoms with van der Waals surface area (Å²) in [6, 6.07) is 4.00. The van der Waals surface area contributed by atoms with Crippen LogP contribution in [0.25, 0.3) is 0 Å². The van der Waals surface area contributed by atoms with Crippen LogP contribution >= 0.6 is 11.6 Å². The Bertz CT molecular complexity index is 338. The molecule has 2 nitrogen and oxygen atoms in total. The third kappa shape index (κ3) is 1.30. The predicted octanol–water partition coefficient (Wildman–Crippen LogP) is 2.29. The lowest BCUT2D eigenvalue weighted by molar-refractivity contribution is 0.410. The summed E-state index contributed by atoms with van der Waals surface area (Å²) in [5, 5.41) is 0.676. The molecule has 0 amide bonds. The summed E-state index contributed by atoms with van der Waals surface area (Å²) in [6.07, 6.45) is 1.96. The van der Waals surface area contributed by atoms with Crippen molar-refractivity contribution in [2.75, 3.05) is 7.11 Å². The van der Waals surface area contributed by atoms with E-state index in [1.807, 2.05) is 12.1 Å². The fourth-order valence-electron chi connectivity index (χ4n) is 1.90. The lowest BCUT2D eigenvalue weighted by Gasteiger charge is -2.10. The number of rotatable bonds is 1. The highest BCUT2D eigenvalue weighted by molar-refractivity contribution is 6.32. The Morgan fingerprint density at radius 2 is 2.31 bits per heavy atom. The van der Waals surface area contributed by atoms with Gasteiger partial charge in [0.05, 0.1) is 12.1 Å². The average Bonchev–Trinajstić information content (AvgIpc) is 2.48. The van der Waals surface area contributed by atoms with Gasteiger partial charge in [0.2, 0.25) is 0 Å². The number of benzene rings is 1. The molecule has 0 fully saturated rings. The van der Waals surface area contributed by atoms with Crippen LogP contribution in [0.5, 0.6) is 5.75 Å². The minimum absolute atomic E-state index is 0.154. The molecule has 2 N–H and O–H groups in total. The van der Waals surface area contributed by atoms with E-state index in [0.29, 0.717) is 5.02 Å².